The molecule has 0 saturated carbocycles. The van der Waals surface area contributed by atoms with E-state index in [-0.39, 0.29) is 19.6 Å². The van der Waals surface area contributed by atoms with E-state index in [1.165, 1.54) is 141 Å². The van der Waals surface area contributed by atoms with Crippen molar-refractivity contribution in [1.82, 2.24) is 0 Å². The molecular weight excluding hydrogens is 741 g/mol. The summed E-state index contributed by atoms with van der Waals surface area (Å²) in [6.45, 7) is 3.99. The summed E-state index contributed by atoms with van der Waals surface area (Å²) in [4.78, 5) is 12.7. The summed E-state index contributed by atoms with van der Waals surface area (Å²) < 4.78 is 58.9. The highest BCUT2D eigenvalue weighted by Crippen LogP contribution is 2.26. The Balaban J connectivity index is 2.30. The third-order valence-electron chi connectivity index (χ3n) is 10.7. The van der Waals surface area contributed by atoms with Gasteiger partial charge >= 0.3 is 16.4 Å². The molecule has 0 amide bonds. The molecule has 334 valence electrons. The number of unbranched alkanes of at least 4 members (excludes halogenated alkanes) is 27. The van der Waals surface area contributed by atoms with Crippen LogP contribution in [-0.2, 0) is 38.3 Å². The first-order chi connectivity index (χ1) is 27.1. The van der Waals surface area contributed by atoms with Crippen LogP contribution in [0.2, 0.25) is 0 Å². The predicted molar refractivity (Wildman–Crippen MR) is 221 cm³/mol. The van der Waals surface area contributed by atoms with Crippen LogP contribution in [0.15, 0.2) is 0 Å². The number of hydrogen-bond donors (Lipinski definition) is 4. The highest BCUT2D eigenvalue weighted by Gasteiger charge is 2.48. The fraction of sp³-hybridized carbons (Fsp3) is 0.977. The second kappa shape index (κ2) is 36.0. The molecule has 0 spiro atoms. The highest BCUT2D eigenvalue weighted by molar-refractivity contribution is 7.80. The van der Waals surface area contributed by atoms with Crippen LogP contribution < -0.4 is 0 Å². The smallest absolute Gasteiger partial charge is 0.397 e. The molecule has 1 aliphatic rings. The standard InChI is InChI=1S/C43H84O12S/c1-3-5-7-9-11-13-14-15-16-17-18-19-20-21-22-23-24-25-27-29-31-33-51-35-37(53-39(45)32-30-28-26-12-10-8-6-4-2)36-52-43-41(47)42(55-56(48,49)50)40(46)38(34-44)54-43/h37-38,40-44,46-47H,3-36H2,1-2H3,(H,48,49,50). The summed E-state index contributed by atoms with van der Waals surface area (Å²) in [6, 6.07) is 0. The second-order valence-electron chi connectivity index (χ2n) is 16.0. The summed E-state index contributed by atoms with van der Waals surface area (Å²) in [5.74, 6) is -0.399. The van der Waals surface area contributed by atoms with Crippen LogP contribution in [-0.4, -0.2) is 97.5 Å². The Morgan fingerprint density at radius 2 is 1.02 bits per heavy atom. The van der Waals surface area contributed by atoms with Crippen LogP contribution in [0, 0.1) is 0 Å². The minimum absolute atomic E-state index is 0.0438. The van der Waals surface area contributed by atoms with Crippen LogP contribution in [0.5, 0.6) is 0 Å². The summed E-state index contributed by atoms with van der Waals surface area (Å²) in [7, 11) is -5.05. The Bertz CT molecular complexity index is 999. The molecule has 0 radical (unpaired) electrons. The van der Waals surface area contributed by atoms with E-state index in [1.54, 1.807) is 0 Å². The van der Waals surface area contributed by atoms with Crippen molar-refractivity contribution in [2.24, 2.45) is 0 Å². The van der Waals surface area contributed by atoms with Crippen molar-refractivity contribution in [2.45, 2.75) is 243 Å². The topological polar surface area (TPSA) is 178 Å². The molecule has 0 aromatic heterocycles. The molecule has 0 bridgehead atoms. The van der Waals surface area contributed by atoms with Crippen LogP contribution in [0.3, 0.4) is 0 Å². The van der Waals surface area contributed by atoms with E-state index < -0.39 is 59.8 Å². The summed E-state index contributed by atoms with van der Waals surface area (Å²) in [5, 5.41) is 30.6. The van der Waals surface area contributed by atoms with E-state index in [9.17, 15) is 28.5 Å². The van der Waals surface area contributed by atoms with Gasteiger partial charge in [0.25, 0.3) is 0 Å². The predicted octanol–water partition coefficient (Wildman–Crippen LogP) is 9.30. The van der Waals surface area contributed by atoms with Crippen molar-refractivity contribution in [1.29, 1.82) is 0 Å². The van der Waals surface area contributed by atoms with Crippen LogP contribution in [0.1, 0.15) is 206 Å². The Morgan fingerprint density at radius 1 is 0.607 bits per heavy atom. The van der Waals surface area contributed by atoms with Crippen molar-refractivity contribution >= 4 is 16.4 Å². The van der Waals surface area contributed by atoms with Gasteiger partial charge in [-0.3, -0.25) is 9.35 Å². The lowest BCUT2D eigenvalue weighted by atomic mass is 9.99. The normalized spacial score (nSPS) is 20.7. The van der Waals surface area contributed by atoms with Crippen molar-refractivity contribution < 1.29 is 56.2 Å². The van der Waals surface area contributed by atoms with E-state index in [0.29, 0.717) is 13.0 Å². The van der Waals surface area contributed by atoms with Crippen LogP contribution in [0.25, 0.3) is 0 Å². The van der Waals surface area contributed by atoms with Gasteiger partial charge in [-0.05, 0) is 12.8 Å². The molecule has 6 unspecified atom stereocenters. The molecule has 1 rings (SSSR count). The Hall–Kier alpha value is -0.900. The van der Waals surface area contributed by atoms with Crippen LogP contribution >= 0.6 is 0 Å². The number of carbonyl (C=O) groups is 1. The molecule has 0 aromatic carbocycles. The number of carbonyl (C=O) groups excluding carboxylic acids is 1. The zero-order chi connectivity index (χ0) is 41.1. The van der Waals surface area contributed by atoms with Gasteiger partial charge in [-0.15, -0.1) is 0 Å². The quantitative estimate of drug-likeness (QED) is 0.0262. The van der Waals surface area contributed by atoms with E-state index in [4.69, 9.17) is 23.5 Å². The zero-order valence-corrected chi connectivity index (χ0v) is 36.3. The van der Waals surface area contributed by atoms with Crippen molar-refractivity contribution in [2.75, 3.05) is 26.4 Å². The summed E-state index contributed by atoms with van der Waals surface area (Å²) in [5.41, 5.74) is 0. The third kappa shape index (κ3) is 29.3. The minimum Gasteiger partial charge on any atom is -0.457 e. The molecule has 1 saturated heterocycles. The minimum atomic E-state index is -5.05. The van der Waals surface area contributed by atoms with Crippen LogP contribution in [0.4, 0.5) is 0 Å². The first-order valence-electron chi connectivity index (χ1n) is 22.8. The maximum absolute atomic E-state index is 12.7. The van der Waals surface area contributed by atoms with Gasteiger partial charge < -0.3 is 34.3 Å². The van der Waals surface area contributed by atoms with Crippen molar-refractivity contribution in [3.63, 3.8) is 0 Å². The molecule has 56 heavy (non-hydrogen) atoms. The van der Waals surface area contributed by atoms with E-state index in [0.717, 1.165) is 38.5 Å². The summed E-state index contributed by atoms with van der Waals surface area (Å²) >= 11 is 0. The largest absolute Gasteiger partial charge is 0.457 e. The summed E-state index contributed by atoms with van der Waals surface area (Å²) in [6.07, 6.45) is 27.4. The monoisotopic (exact) mass is 825 g/mol. The molecule has 12 nitrogen and oxygen atoms in total. The maximum Gasteiger partial charge on any atom is 0.397 e. The Kier molecular flexibility index (Phi) is 34.1. The molecule has 6 atom stereocenters. The van der Waals surface area contributed by atoms with Gasteiger partial charge in [0.2, 0.25) is 0 Å². The molecule has 1 heterocycles. The lowest BCUT2D eigenvalue weighted by molar-refractivity contribution is -0.301. The van der Waals surface area contributed by atoms with Gasteiger partial charge in [0.05, 0.1) is 19.8 Å². The van der Waals surface area contributed by atoms with Gasteiger partial charge in [0, 0.05) is 13.0 Å². The first-order valence-corrected chi connectivity index (χ1v) is 24.2. The number of aliphatic hydroxyl groups excluding tert-OH is 3. The average Bonchev–Trinajstić information content (AvgIpc) is 3.17. The molecule has 13 heteroatoms. The lowest BCUT2D eigenvalue weighted by Crippen LogP contribution is -2.60. The van der Waals surface area contributed by atoms with Gasteiger partial charge in [-0.1, -0.05) is 187 Å². The van der Waals surface area contributed by atoms with Gasteiger partial charge in [-0.2, -0.15) is 8.42 Å². The molecule has 1 aliphatic heterocycles. The van der Waals surface area contributed by atoms with Gasteiger partial charge in [0.1, 0.15) is 30.5 Å². The molecule has 1 fully saturated rings. The number of rotatable bonds is 40. The fourth-order valence-corrected chi connectivity index (χ4v) is 7.77. The number of ether oxygens (including phenoxy) is 4. The van der Waals surface area contributed by atoms with Gasteiger partial charge in [0.15, 0.2) is 6.29 Å². The average molecular weight is 825 g/mol. The van der Waals surface area contributed by atoms with Gasteiger partial charge in [-0.25, -0.2) is 4.18 Å². The zero-order valence-electron chi connectivity index (χ0n) is 35.5. The first kappa shape index (κ1) is 53.1. The number of aliphatic hydroxyl groups is 3. The molecule has 0 aliphatic carbocycles. The number of esters is 1. The van der Waals surface area contributed by atoms with Crippen molar-refractivity contribution in [3.05, 3.63) is 0 Å². The third-order valence-corrected chi connectivity index (χ3v) is 11.2. The molecule has 4 N–H and O–H groups in total. The Labute approximate surface area is 341 Å². The van der Waals surface area contributed by atoms with E-state index >= 15 is 0 Å². The molecular formula is C43H84O12S. The van der Waals surface area contributed by atoms with Crippen molar-refractivity contribution in [3.8, 4) is 0 Å². The second-order valence-corrected chi connectivity index (χ2v) is 17.1. The lowest BCUT2D eigenvalue weighted by Gasteiger charge is -2.41. The SMILES string of the molecule is CCCCCCCCCCCCCCCCCCCCCCCOCC(COC1OC(CO)C(O)C(OS(=O)(=O)O)C1O)OC(=O)CCCCCCCCCC. The Morgan fingerprint density at radius 3 is 1.43 bits per heavy atom. The number of hydrogen-bond acceptors (Lipinski definition) is 11. The fourth-order valence-electron chi connectivity index (χ4n) is 7.26. The highest BCUT2D eigenvalue weighted by atomic mass is 32.3. The van der Waals surface area contributed by atoms with E-state index in [2.05, 4.69) is 18.0 Å². The maximum atomic E-state index is 12.7. The molecule has 0 aromatic rings. The van der Waals surface area contributed by atoms with E-state index in [1.807, 2.05) is 0 Å².